The summed E-state index contributed by atoms with van der Waals surface area (Å²) in [5, 5.41) is 9.32. The zero-order chi connectivity index (χ0) is 25.7. The lowest BCUT2D eigenvalue weighted by Crippen LogP contribution is -2.28. The van der Waals surface area contributed by atoms with Gasteiger partial charge in [0, 0.05) is 19.2 Å². The number of rotatable bonds is 28. The van der Waals surface area contributed by atoms with Crippen molar-refractivity contribution >= 4 is 5.91 Å². The first-order valence-corrected chi connectivity index (χ1v) is 15.8. The minimum absolute atomic E-state index is 0.0344. The Kier molecular flexibility index (Phi) is 28.7. The van der Waals surface area contributed by atoms with Gasteiger partial charge in [-0.3, -0.25) is 4.79 Å². The standard InChI is InChI=1S/C32H63NO2/c1-3-5-7-9-11-13-15-16-17-18-19-20-22-24-26-28-32(35)33(30-31-34)29-27-25-23-21-14-12-10-8-6-4-2/h27,29,34H,3-26,28,30-31H2,1-2H3. The Hall–Kier alpha value is -0.830. The topological polar surface area (TPSA) is 40.5 Å². The lowest BCUT2D eigenvalue weighted by molar-refractivity contribution is -0.129. The van der Waals surface area contributed by atoms with Crippen LogP contribution in [0, 0.1) is 0 Å². The van der Waals surface area contributed by atoms with Gasteiger partial charge in [0.2, 0.25) is 5.91 Å². The van der Waals surface area contributed by atoms with Gasteiger partial charge < -0.3 is 10.0 Å². The van der Waals surface area contributed by atoms with Crippen LogP contribution in [0.15, 0.2) is 12.3 Å². The van der Waals surface area contributed by atoms with Crippen molar-refractivity contribution in [3.63, 3.8) is 0 Å². The Morgan fingerprint density at radius 2 is 0.943 bits per heavy atom. The first-order chi connectivity index (χ1) is 17.3. The molecule has 35 heavy (non-hydrogen) atoms. The van der Waals surface area contributed by atoms with Crippen molar-refractivity contribution in [3.05, 3.63) is 12.3 Å². The van der Waals surface area contributed by atoms with Gasteiger partial charge in [0.25, 0.3) is 0 Å². The number of unbranched alkanes of at least 4 members (excludes halogenated alkanes) is 22. The van der Waals surface area contributed by atoms with Crippen molar-refractivity contribution < 1.29 is 9.90 Å². The van der Waals surface area contributed by atoms with E-state index in [4.69, 9.17) is 0 Å². The predicted molar refractivity (Wildman–Crippen MR) is 155 cm³/mol. The molecule has 0 aliphatic rings. The third kappa shape index (κ3) is 26.1. The molecule has 0 saturated heterocycles. The van der Waals surface area contributed by atoms with Crippen molar-refractivity contribution in [3.8, 4) is 0 Å². The predicted octanol–water partition coefficient (Wildman–Crippen LogP) is 10.1. The van der Waals surface area contributed by atoms with Gasteiger partial charge >= 0.3 is 0 Å². The lowest BCUT2D eigenvalue weighted by atomic mass is 10.0. The van der Waals surface area contributed by atoms with Crippen LogP contribution in [-0.2, 0) is 4.79 Å². The minimum Gasteiger partial charge on any atom is -0.395 e. The summed E-state index contributed by atoms with van der Waals surface area (Å²) in [6.07, 6.45) is 36.4. The molecule has 208 valence electrons. The van der Waals surface area contributed by atoms with Gasteiger partial charge in [0.05, 0.1) is 6.61 Å². The maximum Gasteiger partial charge on any atom is 0.226 e. The maximum absolute atomic E-state index is 12.5. The van der Waals surface area contributed by atoms with E-state index < -0.39 is 0 Å². The molecule has 0 aromatic carbocycles. The number of allylic oxidation sites excluding steroid dienone is 1. The highest BCUT2D eigenvalue weighted by Gasteiger charge is 2.09. The molecule has 0 unspecified atom stereocenters. The smallest absolute Gasteiger partial charge is 0.226 e. The lowest BCUT2D eigenvalue weighted by Gasteiger charge is -2.17. The van der Waals surface area contributed by atoms with Gasteiger partial charge in [-0.15, -0.1) is 0 Å². The molecule has 0 heterocycles. The van der Waals surface area contributed by atoms with Crippen LogP contribution in [-0.4, -0.2) is 29.1 Å². The van der Waals surface area contributed by atoms with Crippen molar-refractivity contribution in [1.29, 1.82) is 0 Å². The van der Waals surface area contributed by atoms with Gasteiger partial charge in [-0.05, 0) is 19.3 Å². The molecule has 0 bridgehead atoms. The number of hydrogen-bond donors (Lipinski definition) is 1. The molecule has 0 aliphatic heterocycles. The van der Waals surface area contributed by atoms with Gasteiger partial charge in [0.1, 0.15) is 0 Å². The Bertz CT molecular complexity index is 449. The van der Waals surface area contributed by atoms with Crippen LogP contribution >= 0.6 is 0 Å². The third-order valence-electron chi connectivity index (χ3n) is 7.17. The highest BCUT2D eigenvalue weighted by molar-refractivity contribution is 5.77. The summed E-state index contributed by atoms with van der Waals surface area (Å²) in [4.78, 5) is 14.3. The van der Waals surface area contributed by atoms with Crippen molar-refractivity contribution in [2.75, 3.05) is 13.2 Å². The number of carbonyl (C=O) groups excluding carboxylic acids is 1. The fourth-order valence-corrected chi connectivity index (χ4v) is 4.78. The Labute approximate surface area is 220 Å². The van der Waals surface area contributed by atoms with Gasteiger partial charge in [-0.1, -0.05) is 155 Å². The van der Waals surface area contributed by atoms with Gasteiger partial charge in [0.15, 0.2) is 0 Å². The maximum atomic E-state index is 12.5. The quantitative estimate of drug-likeness (QED) is 0.110. The van der Waals surface area contributed by atoms with E-state index in [2.05, 4.69) is 19.9 Å². The Morgan fingerprint density at radius 1 is 0.571 bits per heavy atom. The molecule has 0 aromatic rings. The van der Waals surface area contributed by atoms with E-state index in [0.717, 1.165) is 19.3 Å². The first-order valence-electron chi connectivity index (χ1n) is 15.8. The number of amides is 1. The van der Waals surface area contributed by atoms with Crippen LogP contribution in [0.2, 0.25) is 0 Å². The molecular formula is C32H63NO2. The van der Waals surface area contributed by atoms with E-state index in [9.17, 15) is 9.90 Å². The number of carbonyl (C=O) groups is 1. The highest BCUT2D eigenvalue weighted by Crippen LogP contribution is 2.14. The summed E-state index contributed by atoms with van der Waals surface area (Å²) in [5.74, 6) is 0.168. The summed E-state index contributed by atoms with van der Waals surface area (Å²) in [6.45, 7) is 5.00. The minimum atomic E-state index is 0.0344. The van der Waals surface area contributed by atoms with E-state index in [-0.39, 0.29) is 12.5 Å². The molecule has 0 saturated carbocycles. The molecule has 1 N–H and O–H groups in total. The van der Waals surface area contributed by atoms with Crippen LogP contribution in [0.25, 0.3) is 0 Å². The van der Waals surface area contributed by atoms with Crippen molar-refractivity contribution in [2.24, 2.45) is 0 Å². The summed E-state index contributed by atoms with van der Waals surface area (Å²) in [5.41, 5.74) is 0. The second-order valence-corrected chi connectivity index (χ2v) is 10.7. The molecule has 3 nitrogen and oxygen atoms in total. The van der Waals surface area contributed by atoms with E-state index >= 15 is 0 Å². The number of nitrogens with zero attached hydrogens (tertiary/aromatic N) is 1. The molecule has 0 aromatic heterocycles. The third-order valence-corrected chi connectivity index (χ3v) is 7.17. The number of hydrogen-bond acceptors (Lipinski definition) is 2. The SMILES string of the molecule is CCCCCCCCCCC=CN(CCO)C(=O)CCCCCCCCCCCCCCCCC. The molecule has 0 fully saturated rings. The van der Waals surface area contributed by atoms with E-state index in [1.54, 1.807) is 4.90 Å². The zero-order valence-corrected chi connectivity index (χ0v) is 24.0. The highest BCUT2D eigenvalue weighted by atomic mass is 16.3. The molecule has 3 heteroatoms. The average Bonchev–Trinajstić information content (AvgIpc) is 2.86. The van der Waals surface area contributed by atoms with Crippen LogP contribution in [0.1, 0.15) is 174 Å². The van der Waals surface area contributed by atoms with E-state index in [1.165, 1.54) is 135 Å². The summed E-state index contributed by atoms with van der Waals surface area (Å²) in [6, 6.07) is 0. The molecule has 0 atom stereocenters. The average molecular weight is 494 g/mol. The fourth-order valence-electron chi connectivity index (χ4n) is 4.78. The molecule has 0 radical (unpaired) electrons. The van der Waals surface area contributed by atoms with Crippen LogP contribution < -0.4 is 0 Å². The summed E-state index contributed by atoms with van der Waals surface area (Å²) < 4.78 is 0. The monoisotopic (exact) mass is 493 g/mol. The number of aliphatic hydroxyl groups excluding tert-OH is 1. The largest absolute Gasteiger partial charge is 0.395 e. The molecular weight excluding hydrogens is 430 g/mol. The summed E-state index contributed by atoms with van der Waals surface area (Å²) in [7, 11) is 0. The normalized spacial score (nSPS) is 11.5. The molecule has 0 spiro atoms. The summed E-state index contributed by atoms with van der Waals surface area (Å²) >= 11 is 0. The first kappa shape index (κ1) is 34.2. The molecule has 1 amide bonds. The number of aliphatic hydroxyl groups is 1. The second-order valence-electron chi connectivity index (χ2n) is 10.7. The van der Waals surface area contributed by atoms with Gasteiger partial charge in [-0.2, -0.15) is 0 Å². The van der Waals surface area contributed by atoms with Crippen LogP contribution in [0.4, 0.5) is 0 Å². The molecule has 0 rings (SSSR count). The molecule has 0 aliphatic carbocycles. The van der Waals surface area contributed by atoms with Crippen LogP contribution in [0.5, 0.6) is 0 Å². The van der Waals surface area contributed by atoms with Crippen molar-refractivity contribution in [2.45, 2.75) is 174 Å². The Balaban J connectivity index is 3.60. The fraction of sp³-hybridized carbons (Fsp3) is 0.906. The Morgan fingerprint density at radius 3 is 1.34 bits per heavy atom. The second kappa shape index (κ2) is 29.4. The zero-order valence-electron chi connectivity index (χ0n) is 24.0. The van der Waals surface area contributed by atoms with E-state index in [0.29, 0.717) is 13.0 Å². The van der Waals surface area contributed by atoms with Gasteiger partial charge in [-0.25, -0.2) is 0 Å². The van der Waals surface area contributed by atoms with Crippen molar-refractivity contribution in [1.82, 2.24) is 4.90 Å². The van der Waals surface area contributed by atoms with Crippen LogP contribution in [0.3, 0.4) is 0 Å². The van der Waals surface area contributed by atoms with E-state index in [1.807, 2.05) is 6.20 Å².